The van der Waals surface area contributed by atoms with Gasteiger partial charge >= 0.3 is 5.97 Å². The maximum absolute atomic E-state index is 11.7. The highest BCUT2D eigenvalue weighted by Crippen LogP contribution is 2.21. The first-order valence-electron chi connectivity index (χ1n) is 6.80. The van der Waals surface area contributed by atoms with Gasteiger partial charge in [0.1, 0.15) is 0 Å². The second-order valence-electron chi connectivity index (χ2n) is 4.89. The highest BCUT2D eigenvalue weighted by molar-refractivity contribution is 9.10. The van der Waals surface area contributed by atoms with Crippen LogP contribution in [0.15, 0.2) is 33.6 Å². The quantitative estimate of drug-likeness (QED) is 0.540. The van der Waals surface area contributed by atoms with Crippen LogP contribution in [-0.4, -0.2) is 28.8 Å². The summed E-state index contributed by atoms with van der Waals surface area (Å²) in [6.45, 7) is 3.31. The minimum Gasteiger partial charge on any atom is -0.481 e. The van der Waals surface area contributed by atoms with Gasteiger partial charge in [-0.15, -0.1) is 11.8 Å². The highest BCUT2D eigenvalue weighted by atomic mass is 79.9. The number of hydrogen-bond donors (Lipinski definition) is 2. The van der Waals surface area contributed by atoms with E-state index < -0.39 is 11.9 Å². The van der Waals surface area contributed by atoms with E-state index in [1.165, 1.54) is 4.90 Å². The van der Waals surface area contributed by atoms with Gasteiger partial charge in [-0.3, -0.25) is 9.59 Å². The van der Waals surface area contributed by atoms with Gasteiger partial charge in [-0.2, -0.15) is 0 Å². The lowest BCUT2D eigenvalue weighted by molar-refractivity contribution is -0.142. The lowest BCUT2D eigenvalue weighted by atomic mass is 10.0. The number of amides is 1. The Balaban J connectivity index is 2.21. The van der Waals surface area contributed by atoms with Crippen LogP contribution in [0.4, 0.5) is 0 Å². The van der Waals surface area contributed by atoms with E-state index in [9.17, 15) is 9.59 Å². The molecule has 0 saturated carbocycles. The topological polar surface area (TPSA) is 66.4 Å². The van der Waals surface area contributed by atoms with Gasteiger partial charge in [0, 0.05) is 21.8 Å². The fourth-order valence-electron chi connectivity index (χ4n) is 1.62. The van der Waals surface area contributed by atoms with Crippen LogP contribution < -0.4 is 5.32 Å². The maximum Gasteiger partial charge on any atom is 0.308 e. The molecule has 1 amide bonds. The largest absolute Gasteiger partial charge is 0.481 e. The number of thioether (sulfide) groups is 1. The van der Waals surface area contributed by atoms with Crippen LogP contribution in [0.1, 0.15) is 26.7 Å². The smallest absolute Gasteiger partial charge is 0.308 e. The average molecular weight is 374 g/mol. The van der Waals surface area contributed by atoms with Crippen molar-refractivity contribution in [3.05, 3.63) is 28.7 Å². The summed E-state index contributed by atoms with van der Waals surface area (Å²) in [5, 5.41) is 11.6. The summed E-state index contributed by atoms with van der Waals surface area (Å²) in [4.78, 5) is 23.7. The van der Waals surface area contributed by atoms with Gasteiger partial charge < -0.3 is 10.4 Å². The molecule has 0 spiro atoms. The summed E-state index contributed by atoms with van der Waals surface area (Å²) >= 11 is 5.09. The summed E-state index contributed by atoms with van der Waals surface area (Å²) < 4.78 is 1.05. The monoisotopic (exact) mass is 373 g/mol. The van der Waals surface area contributed by atoms with Gasteiger partial charge in [0.15, 0.2) is 0 Å². The molecule has 0 heterocycles. The van der Waals surface area contributed by atoms with Crippen LogP contribution in [0.25, 0.3) is 0 Å². The van der Waals surface area contributed by atoms with Crippen molar-refractivity contribution < 1.29 is 14.7 Å². The number of hydrogen-bond acceptors (Lipinski definition) is 3. The molecule has 0 fully saturated rings. The summed E-state index contributed by atoms with van der Waals surface area (Å²) in [5.74, 6) is -0.704. The van der Waals surface area contributed by atoms with Crippen molar-refractivity contribution in [3.63, 3.8) is 0 Å². The minimum atomic E-state index is -0.895. The van der Waals surface area contributed by atoms with E-state index in [2.05, 4.69) is 21.2 Å². The Labute approximate surface area is 137 Å². The van der Waals surface area contributed by atoms with Crippen molar-refractivity contribution >= 4 is 39.6 Å². The van der Waals surface area contributed by atoms with Crippen molar-refractivity contribution in [1.82, 2.24) is 5.32 Å². The number of carboxylic acid groups (broad SMARTS) is 1. The van der Waals surface area contributed by atoms with Crippen LogP contribution in [0.3, 0.4) is 0 Å². The van der Waals surface area contributed by atoms with E-state index in [1.807, 2.05) is 24.3 Å². The predicted molar refractivity (Wildman–Crippen MR) is 88.5 cm³/mol. The van der Waals surface area contributed by atoms with Crippen molar-refractivity contribution in [2.75, 3.05) is 5.75 Å². The zero-order valence-electron chi connectivity index (χ0n) is 12.1. The molecule has 0 aromatic heterocycles. The Morgan fingerprint density at radius 2 is 1.90 bits per heavy atom. The van der Waals surface area contributed by atoms with E-state index in [4.69, 9.17) is 5.11 Å². The molecule has 0 radical (unpaired) electrons. The number of nitrogens with one attached hydrogen (secondary N) is 1. The molecule has 116 valence electrons. The number of carbonyl (C=O) groups excluding carboxylic acids is 1. The first-order valence-corrected chi connectivity index (χ1v) is 8.58. The van der Waals surface area contributed by atoms with E-state index in [1.54, 1.807) is 25.6 Å². The van der Waals surface area contributed by atoms with Gasteiger partial charge in [0.05, 0.1) is 5.92 Å². The third-order valence-electron chi connectivity index (χ3n) is 3.16. The zero-order chi connectivity index (χ0) is 15.8. The Hall–Kier alpha value is -1.01. The van der Waals surface area contributed by atoms with Crippen molar-refractivity contribution in [2.45, 2.75) is 37.6 Å². The summed E-state index contributed by atoms with van der Waals surface area (Å²) in [6, 6.07) is 7.69. The number of halogens is 1. The number of carbonyl (C=O) groups is 2. The molecule has 0 aliphatic heterocycles. The lowest BCUT2D eigenvalue weighted by Crippen LogP contribution is -2.39. The first kappa shape index (κ1) is 18.0. The molecule has 0 saturated heterocycles. The molecule has 2 unspecified atom stereocenters. The van der Waals surface area contributed by atoms with Crippen molar-refractivity contribution in [1.29, 1.82) is 0 Å². The SMILES string of the molecule is CC(NC(=O)CCCSc1ccc(Br)cc1)C(C)C(=O)O. The standard InChI is InChI=1S/C15H20BrNO3S/c1-10(15(19)20)11(2)17-14(18)4-3-9-21-13-7-5-12(16)6-8-13/h5-8,10-11H,3-4,9H2,1-2H3,(H,17,18)(H,19,20). The van der Waals surface area contributed by atoms with Gasteiger partial charge in [0.2, 0.25) is 5.91 Å². The summed E-state index contributed by atoms with van der Waals surface area (Å²) in [5.41, 5.74) is 0. The molecule has 0 bridgehead atoms. The number of benzene rings is 1. The molecule has 6 heteroatoms. The van der Waals surface area contributed by atoms with Crippen molar-refractivity contribution in [3.8, 4) is 0 Å². The Bertz CT molecular complexity index is 478. The fraction of sp³-hybridized carbons (Fsp3) is 0.467. The molecule has 2 atom stereocenters. The molecule has 21 heavy (non-hydrogen) atoms. The normalized spacial score (nSPS) is 13.5. The Morgan fingerprint density at radius 3 is 2.48 bits per heavy atom. The molecule has 4 nitrogen and oxygen atoms in total. The second kappa shape index (κ2) is 9.10. The van der Waals surface area contributed by atoms with Gasteiger partial charge in [0.25, 0.3) is 0 Å². The van der Waals surface area contributed by atoms with Gasteiger partial charge in [-0.05, 0) is 50.3 Å². The van der Waals surface area contributed by atoms with E-state index in [0.717, 1.165) is 16.6 Å². The van der Waals surface area contributed by atoms with E-state index >= 15 is 0 Å². The number of rotatable bonds is 8. The maximum atomic E-state index is 11.7. The zero-order valence-corrected chi connectivity index (χ0v) is 14.5. The fourth-order valence-corrected chi connectivity index (χ4v) is 2.74. The molecule has 1 aromatic carbocycles. The molecule has 2 N–H and O–H groups in total. The molecular weight excluding hydrogens is 354 g/mol. The Kier molecular flexibility index (Phi) is 7.82. The van der Waals surface area contributed by atoms with E-state index in [-0.39, 0.29) is 11.9 Å². The van der Waals surface area contributed by atoms with Crippen LogP contribution in [0.5, 0.6) is 0 Å². The molecule has 1 aromatic rings. The van der Waals surface area contributed by atoms with Crippen LogP contribution >= 0.6 is 27.7 Å². The third kappa shape index (κ3) is 7.00. The molecule has 0 aliphatic carbocycles. The second-order valence-corrected chi connectivity index (χ2v) is 6.97. The highest BCUT2D eigenvalue weighted by Gasteiger charge is 2.20. The lowest BCUT2D eigenvalue weighted by Gasteiger charge is -2.17. The van der Waals surface area contributed by atoms with Gasteiger partial charge in [-0.1, -0.05) is 15.9 Å². The molecule has 1 rings (SSSR count). The van der Waals surface area contributed by atoms with Crippen LogP contribution in [-0.2, 0) is 9.59 Å². The predicted octanol–water partition coefficient (Wildman–Crippen LogP) is 3.55. The molecule has 0 aliphatic rings. The summed E-state index contributed by atoms with van der Waals surface area (Å²) in [6.07, 6.45) is 1.18. The van der Waals surface area contributed by atoms with Crippen molar-refractivity contribution in [2.24, 2.45) is 5.92 Å². The number of aliphatic carboxylic acids is 1. The minimum absolute atomic E-state index is 0.0907. The van der Waals surface area contributed by atoms with Crippen LogP contribution in [0.2, 0.25) is 0 Å². The van der Waals surface area contributed by atoms with E-state index in [0.29, 0.717) is 6.42 Å². The average Bonchev–Trinajstić information content (AvgIpc) is 2.44. The Morgan fingerprint density at radius 1 is 1.29 bits per heavy atom. The molecular formula is C15H20BrNO3S. The van der Waals surface area contributed by atoms with Gasteiger partial charge in [-0.25, -0.2) is 0 Å². The number of carboxylic acids is 1. The van der Waals surface area contributed by atoms with Crippen LogP contribution in [0, 0.1) is 5.92 Å². The summed E-state index contributed by atoms with van der Waals surface area (Å²) in [7, 11) is 0. The third-order valence-corrected chi connectivity index (χ3v) is 4.79. The first-order chi connectivity index (χ1) is 9.90.